The second-order valence-electron chi connectivity index (χ2n) is 2.62. The van der Waals surface area contributed by atoms with Crippen LogP contribution in [0.25, 0.3) is 0 Å². The van der Waals surface area contributed by atoms with Crippen molar-refractivity contribution in [2.24, 2.45) is 0 Å². The highest BCUT2D eigenvalue weighted by atomic mass is 79.9. The maximum Gasteiger partial charge on any atom is 0.0989 e. The van der Waals surface area contributed by atoms with E-state index in [9.17, 15) is 0 Å². The van der Waals surface area contributed by atoms with Gasteiger partial charge >= 0.3 is 0 Å². The SMILES string of the molecule is CCCSc1ncc(Br)cc1C. The molecule has 0 unspecified atom stereocenters. The van der Waals surface area contributed by atoms with Gasteiger partial charge in [-0.2, -0.15) is 0 Å². The van der Waals surface area contributed by atoms with E-state index in [4.69, 9.17) is 0 Å². The Hall–Kier alpha value is -0.0200. The third-order valence-electron chi connectivity index (χ3n) is 1.44. The molecule has 3 heteroatoms. The Labute approximate surface area is 86.1 Å². The van der Waals surface area contributed by atoms with Gasteiger partial charge in [0.05, 0.1) is 5.03 Å². The molecule has 0 spiro atoms. The molecular formula is C9H12BrNS. The lowest BCUT2D eigenvalue weighted by Crippen LogP contribution is -1.86. The summed E-state index contributed by atoms with van der Waals surface area (Å²) in [5, 5.41) is 1.15. The molecule has 1 nitrogen and oxygen atoms in total. The zero-order valence-corrected chi connectivity index (χ0v) is 9.70. The van der Waals surface area contributed by atoms with Crippen molar-refractivity contribution in [3.8, 4) is 0 Å². The lowest BCUT2D eigenvalue weighted by Gasteiger charge is -2.02. The van der Waals surface area contributed by atoms with Gasteiger partial charge in [-0.25, -0.2) is 4.98 Å². The Morgan fingerprint density at radius 2 is 2.33 bits per heavy atom. The van der Waals surface area contributed by atoms with E-state index in [2.05, 4.69) is 40.8 Å². The molecule has 0 aromatic carbocycles. The summed E-state index contributed by atoms with van der Waals surface area (Å²) >= 11 is 5.22. The van der Waals surface area contributed by atoms with Crippen molar-refractivity contribution in [3.63, 3.8) is 0 Å². The minimum Gasteiger partial charge on any atom is -0.248 e. The van der Waals surface area contributed by atoms with Gasteiger partial charge in [-0.1, -0.05) is 6.92 Å². The molecule has 0 amide bonds. The van der Waals surface area contributed by atoms with E-state index in [0.717, 1.165) is 15.3 Å². The van der Waals surface area contributed by atoms with Gasteiger partial charge in [-0.15, -0.1) is 11.8 Å². The maximum absolute atomic E-state index is 4.33. The summed E-state index contributed by atoms with van der Waals surface area (Å²) in [7, 11) is 0. The van der Waals surface area contributed by atoms with E-state index < -0.39 is 0 Å². The third-order valence-corrected chi connectivity index (χ3v) is 3.19. The first kappa shape index (κ1) is 10.1. The number of aromatic nitrogens is 1. The average molecular weight is 246 g/mol. The van der Waals surface area contributed by atoms with E-state index in [1.54, 1.807) is 0 Å². The van der Waals surface area contributed by atoms with Crippen molar-refractivity contribution in [2.45, 2.75) is 25.3 Å². The zero-order valence-electron chi connectivity index (χ0n) is 7.30. The Balaban J connectivity index is 2.72. The van der Waals surface area contributed by atoms with E-state index in [-0.39, 0.29) is 0 Å². The van der Waals surface area contributed by atoms with Crippen LogP contribution in [0.3, 0.4) is 0 Å². The van der Waals surface area contributed by atoms with Gasteiger partial charge in [0.15, 0.2) is 0 Å². The molecule has 0 N–H and O–H groups in total. The van der Waals surface area contributed by atoms with E-state index in [1.807, 2.05) is 18.0 Å². The number of hydrogen-bond donors (Lipinski definition) is 0. The molecule has 66 valence electrons. The van der Waals surface area contributed by atoms with Crippen LogP contribution in [0, 0.1) is 6.92 Å². The monoisotopic (exact) mass is 245 g/mol. The summed E-state index contributed by atoms with van der Waals surface area (Å²) in [6.45, 7) is 4.27. The molecule has 0 fully saturated rings. The van der Waals surface area contributed by atoms with Gasteiger partial charge in [0.25, 0.3) is 0 Å². The predicted octanol–water partition coefficient (Wildman–Crippen LogP) is 3.65. The van der Waals surface area contributed by atoms with Gasteiger partial charge in [-0.05, 0) is 46.7 Å². The van der Waals surface area contributed by atoms with Crippen LogP contribution in [0.1, 0.15) is 18.9 Å². The quantitative estimate of drug-likeness (QED) is 0.755. The summed E-state index contributed by atoms with van der Waals surface area (Å²) in [6, 6.07) is 2.10. The largest absolute Gasteiger partial charge is 0.248 e. The first-order chi connectivity index (χ1) is 5.74. The topological polar surface area (TPSA) is 12.9 Å². The molecule has 1 rings (SSSR count). The van der Waals surface area contributed by atoms with Crippen LogP contribution in [0.5, 0.6) is 0 Å². The zero-order chi connectivity index (χ0) is 8.97. The highest BCUT2D eigenvalue weighted by molar-refractivity contribution is 9.10. The number of hydrogen-bond acceptors (Lipinski definition) is 2. The van der Waals surface area contributed by atoms with Gasteiger partial charge in [0.2, 0.25) is 0 Å². The van der Waals surface area contributed by atoms with Crippen LogP contribution in [0.15, 0.2) is 21.8 Å². The Morgan fingerprint density at radius 1 is 1.58 bits per heavy atom. The average Bonchev–Trinajstić information content (AvgIpc) is 2.03. The Morgan fingerprint density at radius 3 is 2.92 bits per heavy atom. The summed E-state index contributed by atoms with van der Waals surface area (Å²) < 4.78 is 1.06. The van der Waals surface area contributed by atoms with E-state index in [0.29, 0.717) is 0 Å². The Kier molecular flexibility index (Phi) is 4.09. The fraction of sp³-hybridized carbons (Fsp3) is 0.444. The fourth-order valence-electron chi connectivity index (χ4n) is 0.878. The van der Waals surface area contributed by atoms with Crippen molar-refractivity contribution in [2.75, 3.05) is 5.75 Å². The van der Waals surface area contributed by atoms with Gasteiger partial charge < -0.3 is 0 Å². The molecule has 0 bridgehead atoms. The molecule has 1 heterocycles. The fourth-order valence-corrected chi connectivity index (χ4v) is 2.13. The lowest BCUT2D eigenvalue weighted by atomic mass is 10.3. The number of aryl methyl sites for hydroxylation is 1. The molecule has 0 aliphatic heterocycles. The molecular weight excluding hydrogens is 234 g/mol. The van der Waals surface area contributed by atoms with Gasteiger partial charge in [0.1, 0.15) is 0 Å². The smallest absolute Gasteiger partial charge is 0.0989 e. The van der Waals surface area contributed by atoms with E-state index in [1.165, 1.54) is 12.0 Å². The van der Waals surface area contributed by atoms with Crippen molar-refractivity contribution < 1.29 is 0 Å². The van der Waals surface area contributed by atoms with Crippen LogP contribution in [-0.2, 0) is 0 Å². The van der Waals surface area contributed by atoms with Crippen LogP contribution in [0.2, 0.25) is 0 Å². The molecule has 0 aliphatic rings. The number of halogens is 1. The summed E-state index contributed by atoms with van der Waals surface area (Å²) in [4.78, 5) is 4.33. The first-order valence-corrected chi connectivity index (χ1v) is 5.77. The summed E-state index contributed by atoms with van der Waals surface area (Å²) in [5.41, 5.74) is 1.25. The third kappa shape index (κ3) is 2.79. The molecule has 12 heavy (non-hydrogen) atoms. The van der Waals surface area contributed by atoms with Gasteiger partial charge in [-0.3, -0.25) is 0 Å². The normalized spacial score (nSPS) is 10.2. The number of nitrogens with zero attached hydrogens (tertiary/aromatic N) is 1. The number of thioether (sulfide) groups is 1. The van der Waals surface area contributed by atoms with Crippen molar-refractivity contribution in [1.82, 2.24) is 4.98 Å². The maximum atomic E-state index is 4.33. The lowest BCUT2D eigenvalue weighted by molar-refractivity contribution is 1.05. The van der Waals surface area contributed by atoms with Crippen LogP contribution >= 0.6 is 27.7 Å². The summed E-state index contributed by atoms with van der Waals surface area (Å²) in [5.74, 6) is 1.15. The van der Waals surface area contributed by atoms with Crippen molar-refractivity contribution >= 4 is 27.7 Å². The molecule has 0 saturated carbocycles. The standard InChI is InChI=1S/C9H12BrNS/c1-3-4-12-9-7(2)5-8(10)6-11-9/h5-6H,3-4H2,1-2H3. The highest BCUT2D eigenvalue weighted by Gasteiger charge is 1.99. The summed E-state index contributed by atoms with van der Waals surface area (Å²) in [6.07, 6.45) is 3.05. The van der Waals surface area contributed by atoms with E-state index >= 15 is 0 Å². The first-order valence-electron chi connectivity index (χ1n) is 3.99. The molecule has 0 atom stereocenters. The molecule has 0 radical (unpaired) electrons. The highest BCUT2D eigenvalue weighted by Crippen LogP contribution is 2.22. The second-order valence-corrected chi connectivity index (χ2v) is 4.62. The molecule has 0 aliphatic carbocycles. The molecule has 0 saturated heterocycles. The second kappa shape index (κ2) is 4.87. The minimum atomic E-state index is 1.06. The van der Waals surface area contributed by atoms with Crippen LogP contribution < -0.4 is 0 Å². The molecule has 1 aromatic heterocycles. The molecule has 1 aromatic rings. The predicted molar refractivity (Wildman–Crippen MR) is 57.7 cm³/mol. The Bertz CT molecular complexity index is 263. The number of rotatable bonds is 3. The van der Waals surface area contributed by atoms with Gasteiger partial charge in [0, 0.05) is 10.7 Å². The van der Waals surface area contributed by atoms with Crippen molar-refractivity contribution in [3.05, 3.63) is 22.3 Å². The van der Waals surface area contributed by atoms with Crippen LogP contribution in [-0.4, -0.2) is 10.7 Å². The van der Waals surface area contributed by atoms with Crippen LogP contribution in [0.4, 0.5) is 0 Å². The number of pyridine rings is 1. The minimum absolute atomic E-state index is 1.06. The van der Waals surface area contributed by atoms with Crippen molar-refractivity contribution in [1.29, 1.82) is 0 Å².